The zero-order valence-electron chi connectivity index (χ0n) is 15.7. The van der Waals surface area contributed by atoms with Crippen LogP contribution < -0.4 is 10.5 Å². The van der Waals surface area contributed by atoms with Crippen LogP contribution in [0.25, 0.3) is 6.08 Å². The van der Waals surface area contributed by atoms with Crippen molar-refractivity contribution in [1.29, 1.82) is 0 Å². The average Bonchev–Trinajstić information content (AvgIpc) is 2.70. The van der Waals surface area contributed by atoms with Gasteiger partial charge in [-0.15, -0.1) is 12.4 Å². The molecular formula is C21H25ClF3NO3. The molecule has 2 aromatic rings. The highest BCUT2D eigenvalue weighted by atomic mass is 35.5. The van der Waals surface area contributed by atoms with E-state index in [0.29, 0.717) is 5.56 Å². The van der Waals surface area contributed by atoms with Crippen molar-refractivity contribution in [2.45, 2.75) is 24.6 Å². The van der Waals surface area contributed by atoms with E-state index < -0.39 is 30.5 Å². The van der Waals surface area contributed by atoms with E-state index >= 15 is 0 Å². The van der Waals surface area contributed by atoms with Crippen LogP contribution in [0.15, 0.2) is 54.6 Å². The molecule has 0 fully saturated rings. The molecule has 0 bridgehead atoms. The average molecular weight is 432 g/mol. The summed E-state index contributed by atoms with van der Waals surface area (Å²) in [5.74, 6) is -0.253. The van der Waals surface area contributed by atoms with Gasteiger partial charge in [-0.3, -0.25) is 0 Å². The number of rotatable bonds is 9. The topological polar surface area (TPSA) is 75.7 Å². The summed E-state index contributed by atoms with van der Waals surface area (Å²) in [5.41, 5.74) is 5.01. The first-order chi connectivity index (χ1) is 13.3. The van der Waals surface area contributed by atoms with E-state index in [0.717, 1.165) is 11.6 Å². The van der Waals surface area contributed by atoms with Gasteiger partial charge in [0.1, 0.15) is 12.4 Å². The molecule has 0 spiro atoms. The minimum Gasteiger partial charge on any atom is -0.489 e. The molecule has 160 valence electrons. The summed E-state index contributed by atoms with van der Waals surface area (Å²) in [6.45, 7) is -0.909. The molecule has 0 aliphatic heterocycles. The Morgan fingerprint density at radius 1 is 1.00 bits per heavy atom. The molecule has 29 heavy (non-hydrogen) atoms. The van der Waals surface area contributed by atoms with Crippen LogP contribution >= 0.6 is 12.4 Å². The fraction of sp³-hybridized carbons (Fsp3) is 0.333. The number of aryl methyl sites for hydroxylation is 1. The minimum atomic E-state index is -4.57. The van der Waals surface area contributed by atoms with Crippen molar-refractivity contribution in [1.82, 2.24) is 0 Å². The molecule has 0 amide bonds. The van der Waals surface area contributed by atoms with E-state index in [-0.39, 0.29) is 37.6 Å². The first kappa shape index (κ1) is 25.0. The van der Waals surface area contributed by atoms with Crippen molar-refractivity contribution < 1.29 is 28.1 Å². The molecule has 0 radical (unpaired) electrons. The predicted octanol–water partition coefficient (Wildman–Crippen LogP) is 3.83. The molecule has 2 rings (SSSR count). The number of halogens is 4. The molecule has 0 unspecified atom stereocenters. The Labute approximate surface area is 174 Å². The highest BCUT2D eigenvalue weighted by Crippen LogP contribution is 2.37. The summed E-state index contributed by atoms with van der Waals surface area (Å²) in [5, 5.41) is 18.4. The van der Waals surface area contributed by atoms with Crippen molar-refractivity contribution in [3.05, 3.63) is 71.3 Å². The van der Waals surface area contributed by atoms with Crippen LogP contribution in [0, 0.1) is 0 Å². The van der Waals surface area contributed by atoms with E-state index in [4.69, 9.17) is 10.5 Å². The number of alkyl halides is 3. The highest BCUT2D eigenvalue weighted by molar-refractivity contribution is 5.85. The van der Waals surface area contributed by atoms with Gasteiger partial charge in [0.05, 0.1) is 24.3 Å². The van der Waals surface area contributed by atoms with Crippen LogP contribution in [-0.4, -0.2) is 35.6 Å². The molecule has 0 saturated heterocycles. The largest absolute Gasteiger partial charge is 0.489 e. The van der Waals surface area contributed by atoms with Gasteiger partial charge in [0.15, 0.2) is 0 Å². The number of ether oxygens (including phenoxy) is 1. The van der Waals surface area contributed by atoms with E-state index in [1.165, 1.54) is 12.1 Å². The zero-order chi connectivity index (χ0) is 20.6. The van der Waals surface area contributed by atoms with E-state index in [1.54, 1.807) is 12.2 Å². The number of nitrogens with two attached hydrogens (primary N) is 1. The molecular weight excluding hydrogens is 407 g/mol. The van der Waals surface area contributed by atoms with Gasteiger partial charge in [-0.05, 0) is 42.2 Å². The number of hydrogen-bond acceptors (Lipinski definition) is 4. The molecule has 0 aliphatic carbocycles. The lowest BCUT2D eigenvalue weighted by Gasteiger charge is -2.24. The first-order valence-electron chi connectivity index (χ1n) is 8.82. The van der Waals surface area contributed by atoms with Crippen molar-refractivity contribution in [2.24, 2.45) is 5.73 Å². The molecule has 0 aromatic heterocycles. The number of aliphatic hydroxyl groups excluding tert-OH is 2. The maximum atomic E-state index is 13.4. The van der Waals surface area contributed by atoms with Crippen molar-refractivity contribution in [2.75, 3.05) is 19.8 Å². The SMILES string of the molecule is Cl.NC(CO)(CO)CCc1ccc(OC/C=C/c2ccccc2)c(C(F)(F)F)c1. The van der Waals surface area contributed by atoms with Gasteiger partial charge in [-0.1, -0.05) is 42.5 Å². The Morgan fingerprint density at radius 3 is 2.24 bits per heavy atom. The van der Waals surface area contributed by atoms with Gasteiger partial charge < -0.3 is 20.7 Å². The summed E-state index contributed by atoms with van der Waals surface area (Å²) >= 11 is 0. The van der Waals surface area contributed by atoms with E-state index in [1.807, 2.05) is 30.3 Å². The predicted molar refractivity (Wildman–Crippen MR) is 109 cm³/mol. The summed E-state index contributed by atoms with van der Waals surface area (Å²) in [4.78, 5) is 0. The quantitative estimate of drug-likeness (QED) is 0.564. The smallest absolute Gasteiger partial charge is 0.419 e. The second-order valence-corrected chi connectivity index (χ2v) is 6.63. The lowest BCUT2D eigenvalue weighted by molar-refractivity contribution is -0.138. The third-order valence-electron chi connectivity index (χ3n) is 4.34. The monoisotopic (exact) mass is 431 g/mol. The highest BCUT2D eigenvalue weighted by Gasteiger charge is 2.35. The Morgan fingerprint density at radius 2 is 1.66 bits per heavy atom. The van der Waals surface area contributed by atoms with E-state index in [9.17, 15) is 23.4 Å². The van der Waals surface area contributed by atoms with Gasteiger partial charge in [-0.25, -0.2) is 0 Å². The summed E-state index contributed by atoms with van der Waals surface area (Å²) in [7, 11) is 0. The molecule has 0 aliphatic rings. The van der Waals surface area contributed by atoms with Crippen molar-refractivity contribution in [3.8, 4) is 5.75 Å². The third-order valence-corrected chi connectivity index (χ3v) is 4.34. The molecule has 0 saturated carbocycles. The third kappa shape index (κ3) is 7.70. The molecule has 8 heteroatoms. The maximum Gasteiger partial charge on any atom is 0.419 e. The van der Waals surface area contributed by atoms with Gasteiger partial charge in [0, 0.05) is 0 Å². The Balaban J connectivity index is 0.00000420. The minimum absolute atomic E-state index is 0. The first-order valence-corrected chi connectivity index (χ1v) is 8.82. The molecule has 4 N–H and O–H groups in total. The van der Waals surface area contributed by atoms with Crippen LogP contribution in [-0.2, 0) is 12.6 Å². The van der Waals surface area contributed by atoms with E-state index in [2.05, 4.69) is 0 Å². The van der Waals surface area contributed by atoms with Crippen LogP contribution in [0.3, 0.4) is 0 Å². The molecule has 2 aromatic carbocycles. The fourth-order valence-corrected chi connectivity index (χ4v) is 2.57. The lowest BCUT2D eigenvalue weighted by Crippen LogP contribution is -2.47. The standard InChI is InChI=1S/C21H24F3NO3.ClH/c22-21(23,24)18-13-17(10-11-20(25,14-26)15-27)8-9-19(18)28-12-4-7-16-5-2-1-3-6-16;/h1-9,13,26-27H,10-12,14-15,25H2;1H/b7-4+;. The van der Waals surface area contributed by atoms with Crippen molar-refractivity contribution >= 4 is 18.5 Å². The van der Waals surface area contributed by atoms with Gasteiger partial charge in [0.25, 0.3) is 0 Å². The Bertz CT molecular complexity index is 778. The molecule has 4 nitrogen and oxygen atoms in total. The Kier molecular flexibility index (Phi) is 9.65. The summed E-state index contributed by atoms with van der Waals surface area (Å²) < 4.78 is 45.5. The fourth-order valence-electron chi connectivity index (χ4n) is 2.57. The summed E-state index contributed by atoms with van der Waals surface area (Å²) in [6, 6.07) is 13.2. The van der Waals surface area contributed by atoms with Crippen LogP contribution in [0.4, 0.5) is 13.2 Å². The number of benzene rings is 2. The second-order valence-electron chi connectivity index (χ2n) is 6.63. The lowest BCUT2D eigenvalue weighted by atomic mass is 9.93. The molecule has 0 heterocycles. The van der Waals surface area contributed by atoms with Crippen LogP contribution in [0.2, 0.25) is 0 Å². The maximum absolute atomic E-state index is 13.4. The van der Waals surface area contributed by atoms with Gasteiger partial charge >= 0.3 is 6.18 Å². The number of aliphatic hydroxyl groups is 2. The normalized spacial score (nSPS) is 12.1. The zero-order valence-corrected chi connectivity index (χ0v) is 16.5. The van der Waals surface area contributed by atoms with Crippen molar-refractivity contribution in [3.63, 3.8) is 0 Å². The second kappa shape index (κ2) is 11.2. The number of hydrogen-bond donors (Lipinski definition) is 3. The summed E-state index contributed by atoms with van der Waals surface area (Å²) in [6.07, 6.45) is -0.810. The Hall–Kier alpha value is -2.06. The van der Waals surface area contributed by atoms with Gasteiger partial charge in [0.2, 0.25) is 0 Å². The van der Waals surface area contributed by atoms with Crippen LogP contribution in [0.5, 0.6) is 5.75 Å². The van der Waals surface area contributed by atoms with Gasteiger partial charge in [-0.2, -0.15) is 13.2 Å². The van der Waals surface area contributed by atoms with Crippen LogP contribution in [0.1, 0.15) is 23.1 Å². The molecule has 0 atom stereocenters.